The van der Waals surface area contributed by atoms with Gasteiger partial charge >= 0.3 is 0 Å². The first kappa shape index (κ1) is 19.4. The van der Waals surface area contributed by atoms with E-state index in [1.54, 1.807) is 39.5 Å². The van der Waals surface area contributed by atoms with E-state index in [1.165, 1.54) is 0 Å². The van der Waals surface area contributed by atoms with E-state index in [0.29, 0.717) is 23.5 Å². The molecule has 138 valence electrons. The van der Waals surface area contributed by atoms with Crippen LogP contribution in [0.2, 0.25) is 0 Å². The maximum atomic E-state index is 12.7. The lowest BCUT2D eigenvalue weighted by atomic mass is 10.0. The molecule has 0 aliphatic heterocycles. The summed E-state index contributed by atoms with van der Waals surface area (Å²) < 4.78 is 16.0. The van der Waals surface area contributed by atoms with Gasteiger partial charge in [-0.05, 0) is 55.3 Å². The molecular formula is C21H25NO4. The van der Waals surface area contributed by atoms with Gasteiger partial charge in [0.1, 0.15) is 17.2 Å². The summed E-state index contributed by atoms with van der Waals surface area (Å²) >= 11 is 0. The molecular weight excluding hydrogens is 330 g/mol. The Morgan fingerprint density at radius 2 is 1.77 bits per heavy atom. The van der Waals surface area contributed by atoms with Gasteiger partial charge in [-0.1, -0.05) is 6.08 Å². The SMILES string of the molecule is C=CCc1cc(C(=O)N[C@@H](C)c2cc(OC)ccc2OC)ccc1OC. The second kappa shape index (κ2) is 8.94. The number of hydrogen-bond acceptors (Lipinski definition) is 4. The third kappa shape index (κ3) is 4.36. The number of nitrogens with one attached hydrogen (secondary N) is 1. The van der Waals surface area contributed by atoms with E-state index >= 15 is 0 Å². The summed E-state index contributed by atoms with van der Waals surface area (Å²) in [4.78, 5) is 12.7. The summed E-state index contributed by atoms with van der Waals surface area (Å²) in [6.07, 6.45) is 2.41. The Kier molecular flexibility index (Phi) is 6.67. The van der Waals surface area contributed by atoms with E-state index in [9.17, 15) is 4.79 Å². The molecule has 1 amide bonds. The van der Waals surface area contributed by atoms with E-state index in [1.807, 2.05) is 31.2 Å². The van der Waals surface area contributed by atoms with Crippen molar-refractivity contribution < 1.29 is 19.0 Å². The van der Waals surface area contributed by atoms with Crippen LogP contribution in [0, 0.1) is 0 Å². The summed E-state index contributed by atoms with van der Waals surface area (Å²) in [5, 5.41) is 3.00. The summed E-state index contributed by atoms with van der Waals surface area (Å²) in [6, 6.07) is 10.6. The lowest BCUT2D eigenvalue weighted by Crippen LogP contribution is -2.27. The first-order valence-electron chi connectivity index (χ1n) is 8.34. The van der Waals surface area contributed by atoms with Crippen molar-refractivity contribution in [1.29, 1.82) is 0 Å². The Hall–Kier alpha value is -2.95. The molecule has 0 bridgehead atoms. The third-order valence-corrected chi connectivity index (χ3v) is 4.16. The monoisotopic (exact) mass is 355 g/mol. The first-order valence-corrected chi connectivity index (χ1v) is 8.34. The van der Waals surface area contributed by atoms with Crippen molar-refractivity contribution in [3.8, 4) is 17.2 Å². The highest BCUT2D eigenvalue weighted by Crippen LogP contribution is 2.29. The highest BCUT2D eigenvalue weighted by molar-refractivity contribution is 5.95. The lowest BCUT2D eigenvalue weighted by Gasteiger charge is -2.19. The molecule has 26 heavy (non-hydrogen) atoms. The molecule has 0 saturated carbocycles. The van der Waals surface area contributed by atoms with Crippen molar-refractivity contribution in [3.63, 3.8) is 0 Å². The van der Waals surface area contributed by atoms with Crippen LogP contribution in [-0.2, 0) is 6.42 Å². The van der Waals surface area contributed by atoms with Crippen molar-refractivity contribution >= 4 is 5.91 Å². The van der Waals surface area contributed by atoms with Crippen LogP contribution in [0.25, 0.3) is 0 Å². The van der Waals surface area contributed by atoms with Crippen molar-refractivity contribution in [2.45, 2.75) is 19.4 Å². The topological polar surface area (TPSA) is 56.8 Å². The van der Waals surface area contributed by atoms with Crippen LogP contribution in [0.15, 0.2) is 49.1 Å². The summed E-state index contributed by atoms with van der Waals surface area (Å²) in [7, 11) is 4.82. The second-order valence-electron chi connectivity index (χ2n) is 5.82. The van der Waals surface area contributed by atoms with Crippen molar-refractivity contribution in [2.24, 2.45) is 0 Å². The molecule has 5 heteroatoms. The van der Waals surface area contributed by atoms with Crippen LogP contribution < -0.4 is 19.5 Å². The first-order chi connectivity index (χ1) is 12.5. The molecule has 0 spiro atoms. The standard InChI is InChI=1S/C21H25NO4/c1-6-7-15-12-16(8-10-19(15)25-4)21(23)22-14(2)18-13-17(24-3)9-11-20(18)26-5/h6,8-14H,1,7H2,2-5H3,(H,22,23)/t14-/m0/s1. The van der Waals surface area contributed by atoms with Crippen LogP contribution in [0.5, 0.6) is 17.2 Å². The molecule has 1 N–H and O–H groups in total. The number of hydrogen-bond donors (Lipinski definition) is 1. The number of amides is 1. The molecule has 0 fully saturated rings. The quantitative estimate of drug-likeness (QED) is 0.729. The van der Waals surface area contributed by atoms with Gasteiger partial charge in [-0.15, -0.1) is 6.58 Å². The second-order valence-corrected chi connectivity index (χ2v) is 5.82. The molecule has 1 atom stereocenters. The van der Waals surface area contributed by atoms with Crippen molar-refractivity contribution in [1.82, 2.24) is 5.32 Å². The molecule has 0 radical (unpaired) electrons. The van der Waals surface area contributed by atoms with Gasteiger partial charge in [-0.3, -0.25) is 4.79 Å². The number of carbonyl (C=O) groups excluding carboxylic acids is 1. The van der Waals surface area contributed by atoms with Gasteiger partial charge in [0.15, 0.2) is 0 Å². The minimum Gasteiger partial charge on any atom is -0.497 e. The van der Waals surface area contributed by atoms with Gasteiger partial charge in [0.05, 0.1) is 27.4 Å². The average molecular weight is 355 g/mol. The smallest absolute Gasteiger partial charge is 0.251 e. The molecule has 2 rings (SSSR count). The number of rotatable bonds is 8. The predicted molar refractivity (Wildman–Crippen MR) is 102 cm³/mol. The number of allylic oxidation sites excluding steroid dienone is 1. The largest absolute Gasteiger partial charge is 0.497 e. The van der Waals surface area contributed by atoms with Crippen LogP contribution in [0.3, 0.4) is 0 Å². The minimum atomic E-state index is -0.252. The van der Waals surface area contributed by atoms with E-state index in [2.05, 4.69) is 11.9 Å². The molecule has 5 nitrogen and oxygen atoms in total. The summed E-state index contributed by atoms with van der Waals surface area (Å²) in [5.41, 5.74) is 2.33. The van der Waals surface area contributed by atoms with Crippen LogP contribution in [0.1, 0.15) is 34.5 Å². The average Bonchev–Trinajstić information content (AvgIpc) is 2.67. The van der Waals surface area contributed by atoms with E-state index in [4.69, 9.17) is 14.2 Å². The highest BCUT2D eigenvalue weighted by atomic mass is 16.5. The molecule has 0 aromatic heterocycles. The molecule has 0 unspecified atom stereocenters. The number of ether oxygens (including phenoxy) is 3. The zero-order chi connectivity index (χ0) is 19.1. The minimum absolute atomic E-state index is 0.171. The Morgan fingerprint density at radius 3 is 2.38 bits per heavy atom. The van der Waals surface area contributed by atoms with Gasteiger partial charge < -0.3 is 19.5 Å². The van der Waals surface area contributed by atoms with E-state index in [-0.39, 0.29) is 11.9 Å². The van der Waals surface area contributed by atoms with Gasteiger partial charge in [0, 0.05) is 11.1 Å². The van der Waals surface area contributed by atoms with E-state index < -0.39 is 0 Å². The molecule has 0 saturated heterocycles. The lowest BCUT2D eigenvalue weighted by molar-refractivity contribution is 0.0939. The van der Waals surface area contributed by atoms with Crippen LogP contribution >= 0.6 is 0 Å². The zero-order valence-electron chi connectivity index (χ0n) is 15.7. The molecule has 0 aliphatic rings. The fraction of sp³-hybridized carbons (Fsp3) is 0.286. The van der Waals surface area contributed by atoms with Gasteiger partial charge in [0.2, 0.25) is 0 Å². The Labute approximate surface area is 154 Å². The summed E-state index contributed by atoms with van der Waals surface area (Å²) in [5.74, 6) is 1.97. The van der Waals surface area contributed by atoms with Crippen molar-refractivity contribution in [3.05, 3.63) is 65.7 Å². The number of benzene rings is 2. The fourth-order valence-electron chi connectivity index (χ4n) is 2.77. The predicted octanol–water partition coefficient (Wildman–Crippen LogP) is 3.93. The highest BCUT2D eigenvalue weighted by Gasteiger charge is 2.17. The number of methoxy groups -OCH3 is 3. The Bertz CT molecular complexity index is 786. The van der Waals surface area contributed by atoms with Gasteiger partial charge in [-0.25, -0.2) is 0 Å². The molecule has 0 aliphatic carbocycles. The molecule has 0 heterocycles. The maximum absolute atomic E-state index is 12.7. The molecule has 2 aromatic carbocycles. The van der Waals surface area contributed by atoms with Gasteiger partial charge in [0.25, 0.3) is 5.91 Å². The third-order valence-electron chi connectivity index (χ3n) is 4.16. The normalized spacial score (nSPS) is 11.4. The number of carbonyl (C=O) groups is 1. The Balaban J connectivity index is 2.24. The Morgan fingerprint density at radius 1 is 1.08 bits per heavy atom. The fourth-order valence-corrected chi connectivity index (χ4v) is 2.77. The zero-order valence-corrected chi connectivity index (χ0v) is 15.7. The van der Waals surface area contributed by atoms with Gasteiger partial charge in [-0.2, -0.15) is 0 Å². The summed E-state index contributed by atoms with van der Waals surface area (Å²) in [6.45, 7) is 5.65. The van der Waals surface area contributed by atoms with Crippen LogP contribution in [0.4, 0.5) is 0 Å². The maximum Gasteiger partial charge on any atom is 0.251 e. The van der Waals surface area contributed by atoms with Crippen molar-refractivity contribution in [2.75, 3.05) is 21.3 Å². The van der Waals surface area contributed by atoms with E-state index in [0.717, 1.165) is 16.9 Å². The molecule has 2 aromatic rings. The van der Waals surface area contributed by atoms with Crippen LogP contribution in [-0.4, -0.2) is 27.2 Å².